The third-order valence-corrected chi connectivity index (χ3v) is 6.05. The van der Waals surface area contributed by atoms with Gasteiger partial charge in [0.1, 0.15) is 0 Å². The van der Waals surface area contributed by atoms with Crippen LogP contribution >= 0.6 is 0 Å². The van der Waals surface area contributed by atoms with Gasteiger partial charge in [-0.05, 0) is 42.7 Å². The molecule has 1 heterocycles. The van der Waals surface area contributed by atoms with Crippen molar-refractivity contribution in [3.63, 3.8) is 0 Å². The second-order valence-electron chi connectivity index (χ2n) is 7.48. The van der Waals surface area contributed by atoms with Crippen molar-refractivity contribution in [2.75, 3.05) is 19.6 Å². The number of piperazine rings is 1. The summed E-state index contributed by atoms with van der Waals surface area (Å²) in [5.41, 5.74) is 2.72. The molecule has 1 saturated carbocycles. The van der Waals surface area contributed by atoms with E-state index in [0.717, 1.165) is 32.2 Å². The van der Waals surface area contributed by atoms with E-state index in [2.05, 4.69) is 24.3 Å². The number of amides is 2. The maximum atomic E-state index is 12.7. The first kappa shape index (κ1) is 15.7. The van der Waals surface area contributed by atoms with E-state index in [1.165, 1.54) is 24.0 Å². The Balaban J connectivity index is 1.35. The zero-order chi connectivity index (χ0) is 16.5. The van der Waals surface area contributed by atoms with Crippen LogP contribution in [-0.4, -0.2) is 47.3 Å². The number of rotatable bonds is 3. The molecule has 0 N–H and O–H groups in total. The average molecular weight is 326 g/mol. The van der Waals surface area contributed by atoms with E-state index in [9.17, 15) is 9.59 Å². The van der Waals surface area contributed by atoms with Crippen LogP contribution in [0.3, 0.4) is 0 Å². The summed E-state index contributed by atoms with van der Waals surface area (Å²) in [6.45, 7) is 1.70. The fourth-order valence-corrected chi connectivity index (χ4v) is 4.70. The number of hydrogen-bond donors (Lipinski definition) is 0. The number of benzene rings is 1. The quantitative estimate of drug-likeness (QED) is 0.857. The molecule has 0 aromatic heterocycles. The molecule has 1 aromatic carbocycles. The van der Waals surface area contributed by atoms with Crippen LogP contribution in [0.2, 0.25) is 0 Å². The van der Waals surface area contributed by atoms with Crippen molar-refractivity contribution in [1.29, 1.82) is 0 Å². The second-order valence-corrected chi connectivity index (χ2v) is 7.48. The Labute approximate surface area is 143 Å². The fourth-order valence-electron chi connectivity index (χ4n) is 4.70. The Morgan fingerprint density at radius 3 is 2.67 bits per heavy atom. The molecule has 0 bridgehead atoms. The highest BCUT2D eigenvalue weighted by Gasteiger charge is 2.34. The zero-order valence-electron chi connectivity index (χ0n) is 14.2. The Bertz CT molecular complexity index is 636. The summed E-state index contributed by atoms with van der Waals surface area (Å²) in [6.07, 6.45) is 7.42. The van der Waals surface area contributed by atoms with Gasteiger partial charge in [0.2, 0.25) is 11.8 Å². The highest BCUT2D eigenvalue weighted by atomic mass is 16.2. The smallest absolute Gasteiger partial charge is 0.242 e. The van der Waals surface area contributed by atoms with E-state index in [1.54, 1.807) is 4.90 Å². The standard InChI is InChI=1S/C20H26N2O2/c23-19(13-16-10-9-15-5-1-4-8-18(15)16)21-11-12-22(20(24)14-21)17-6-2-3-7-17/h1,4-5,8,16-17H,2-3,6-7,9-14H2/t16-/m0/s1. The Hall–Kier alpha value is -1.84. The molecule has 0 spiro atoms. The molecular weight excluding hydrogens is 300 g/mol. The van der Waals surface area contributed by atoms with Crippen molar-refractivity contribution in [3.8, 4) is 0 Å². The summed E-state index contributed by atoms with van der Waals surface area (Å²) in [4.78, 5) is 29.0. The molecule has 1 aromatic rings. The van der Waals surface area contributed by atoms with Gasteiger partial charge in [-0.15, -0.1) is 0 Å². The topological polar surface area (TPSA) is 40.6 Å². The monoisotopic (exact) mass is 326 g/mol. The first-order valence-corrected chi connectivity index (χ1v) is 9.37. The highest BCUT2D eigenvalue weighted by Crippen LogP contribution is 2.35. The molecule has 4 rings (SSSR count). The molecule has 1 atom stereocenters. The lowest BCUT2D eigenvalue weighted by Crippen LogP contribution is -2.55. The summed E-state index contributed by atoms with van der Waals surface area (Å²) < 4.78 is 0. The minimum absolute atomic E-state index is 0.147. The minimum atomic E-state index is 0.147. The van der Waals surface area contributed by atoms with Gasteiger partial charge in [0.15, 0.2) is 0 Å². The molecule has 2 fully saturated rings. The number of nitrogens with zero attached hydrogens (tertiary/aromatic N) is 2. The van der Waals surface area contributed by atoms with Crippen molar-refractivity contribution in [2.45, 2.75) is 56.9 Å². The lowest BCUT2D eigenvalue weighted by atomic mass is 9.97. The Morgan fingerprint density at radius 2 is 1.88 bits per heavy atom. The molecule has 1 saturated heterocycles. The van der Waals surface area contributed by atoms with Crippen molar-refractivity contribution >= 4 is 11.8 Å². The van der Waals surface area contributed by atoms with E-state index in [1.807, 2.05) is 4.90 Å². The molecular formula is C20H26N2O2. The van der Waals surface area contributed by atoms with Crippen LogP contribution in [-0.2, 0) is 16.0 Å². The molecule has 0 radical (unpaired) electrons. The van der Waals surface area contributed by atoms with Crippen LogP contribution in [0, 0.1) is 0 Å². The number of carbonyl (C=O) groups excluding carboxylic acids is 2. The first-order chi connectivity index (χ1) is 11.7. The molecule has 4 nitrogen and oxygen atoms in total. The predicted octanol–water partition coefficient (Wildman–Crippen LogP) is 2.72. The van der Waals surface area contributed by atoms with Crippen LogP contribution < -0.4 is 0 Å². The lowest BCUT2D eigenvalue weighted by molar-refractivity contribution is -0.147. The van der Waals surface area contributed by atoms with Gasteiger partial charge in [0, 0.05) is 25.6 Å². The van der Waals surface area contributed by atoms with Crippen molar-refractivity contribution in [3.05, 3.63) is 35.4 Å². The van der Waals surface area contributed by atoms with Crippen LogP contribution in [0.1, 0.15) is 55.6 Å². The Kier molecular flexibility index (Phi) is 4.30. The predicted molar refractivity (Wildman–Crippen MR) is 92.7 cm³/mol. The molecule has 2 amide bonds. The number of carbonyl (C=O) groups is 2. The summed E-state index contributed by atoms with van der Waals surface area (Å²) in [5, 5.41) is 0. The van der Waals surface area contributed by atoms with Gasteiger partial charge in [0.25, 0.3) is 0 Å². The van der Waals surface area contributed by atoms with Crippen molar-refractivity contribution < 1.29 is 9.59 Å². The fraction of sp³-hybridized carbons (Fsp3) is 0.600. The SMILES string of the molecule is O=C(C[C@@H]1CCc2ccccc21)N1CCN(C2CCCC2)C(=O)C1. The maximum Gasteiger partial charge on any atom is 0.242 e. The van der Waals surface area contributed by atoms with Gasteiger partial charge in [-0.1, -0.05) is 37.1 Å². The molecule has 0 unspecified atom stereocenters. The normalized spacial score (nSPS) is 24.5. The van der Waals surface area contributed by atoms with Gasteiger partial charge >= 0.3 is 0 Å². The lowest BCUT2D eigenvalue weighted by Gasteiger charge is -2.38. The Morgan fingerprint density at radius 1 is 1.08 bits per heavy atom. The largest absolute Gasteiger partial charge is 0.336 e. The van der Waals surface area contributed by atoms with Gasteiger partial charge in [-0.2, -0.15) is 0 Å². The minimum Gasteiger partial charge on any atom is -0.336 e. The zero-order valence-corrected chi connectivity index (χ0v) is 14.2. The van der Waals surface area contributed by atoms with Gasteiger partial charge in [-0.3, -0.25) is 9.59 Å². The van der Waals surface area contributed by atoms with Crippen LogP contribution in [0.4, 0.5) is 0 Å². The van der Waals surface area contributed by atoms with Crippen LogP contribution in [0.25, 0.3) is 0 Å². The molecule has 3 aliphatic rings. The third kappa shape index (κ3) is 2.94. The van der Waals surface area contributed by atoms with Gasteiger partial charge < -0.3 is 9.80 Å². The number of fused-ring (bicyclic) bond motifs is 1. The summed E-state index contributed by atoms with van der Waals surface area (Å²) in [6, 6.07) is 8.89. The molecule has 128 valence electrons. The molecule has 24 heavy (non-hydrogen) atoms. The average Bonchev–Trinajstić information content (AvgIpc) is 3.25. The molecule has 2 aliphatic carbocycles. The summed E-state index contributed by atoms with van der Waals surface area (Å²) >= 11 is 0. The summed E-state index contributed by atoms with van der Waals surface area (Å²) in [5.74, 6) is 0.626. The van der Waals surface area contributed by atoms with E-state index < -0.39 is 0 Å². The van der Waals surface area contributed by atoms with E-state index >= 15 is 0 Å². The highest BCUT2D eigenvalue weighted by molar-refractivity contribution is 5.86. The van der Waals surface area contributed by atoms with Crippen LogP contribution in [0.5, 0.6) is 0 Å². The number of aryl methyl sites for hydroxylation is 1. The number of hydrogen-bond acceptors (Lipinski definition) is 2. The van der Waals surface area contributed by atoms with E-state index in [4.69, 9.17) is 0 Å². The van der Waals surface area contributed by atoms with E-state index in [-0.39, 0.29) is 18.4 Å². The molecule has 1 aliphatic heterocycles. The van der Waals surface area contributed by atoms with Crippen molar-refractivity contribution in [2.24, 2.45) is 0 Å². The van der Waals surface area contributed by atoms with Gasteiger partial charge in [0.05, 0.1) is 6.54 Å². The van der Waals surface area contributed by atoms with Gasteiger partial charge in [-0.25, -0.2) is 0 Å². The molecule has 4 heteroatoms. The van der Waals surface area contributed by atoms with E-state index in [0.29, 0.717) is 24.9 Å². The van der Waals surface area contributed by atoms with Crippen molar-refractivity contribution in [1.82, 2.24) is 9.80 Å². The summed E-state index contributed by atoms with van der Waals surface area (Å²) in [7, 11) is 0. The first-order valence-electron chi connectivity index (χ1n) is 9.37. The maximum absolute atomic E-state index is 12.7. The van der Waals surface area contributed by atoms with Crippen LogP contribution in [0.15, 0.2) is 24.3 Å². The third-order valence-electron chi connectivity index (χ3n) is 6.05. The second kappa shape index (κ2) is 6.58.